The molecule has 0 saturated heterocycles. The minimum Gasteiger partial charge on any atom is -0.126 e. The van der Waals surface area contributed by atoms with Crippen LogP contribution in [-0.2, 0) is 6.42 Å². The number of hydrogen-bond acceptors (Lipinski definition) is 3. The maximum absolute atomic E-state index is 5.70. The minimum absolute atomic E-state index is 0.562. The fourth-order valence-electron chi connectivity index (χ4n) is 0.623. The molecule has 4 heteroatoms. The van der Waals surface area contributed by atoms with Gasteiger partial charge in [0.05, 0.1) is 4.88 Å². The third kappa shape index (κ3) is 1.92. The summed E-state index contributed by atoms with van der Waals surface area (Å²) >= 11 is 7.07. The summed E-state index contributed by atoms with van der Waals surface area (Å²) in [6, 6.07) is 0. The average Bonchev–Trinajstić information content (AvgIpc) is 2.31. The maximum atomic E-state index is 5.70. The Kier molecular flexibility index (Phi) is 3.09. The summed E-state index contributed by atoms with van der Waals surface area (Å²) in [7, 11) is 0. The van der Waals surface area contributed by atoms with E-state index < -0.39 is 0 Å². The van der Waals surface area contributed by atoms with Gasteiger partial charge < -0.3 is 0 Å². The van der Waals surface area contributed by atoms with Crippen LogP contribution in [0.4, 0.5) is 0 Å². The van der Waals surface area contributed by atoms with Gasteiger partial charge in [0.2, 0.25) is 0 Å². The number of aryl methyl sites for hydroxylation is 1. The Morgan fingerprint density at radius 1 is 1.70 bits per heavy atom. The van der Waals surface area contributed by atoms with Gasteiger partial charge in [0.15, 0.2) is 5.15 Å². The van der Waals surface area contributed by atoms with Gasteiger partial charge in [-0.3, -0.25) is 0 Å². The fourth-order valence-corrected chi connectivity index (χ4v) is 1.45. The smallest absolute Gasteiger partial charge is 0.126 e. The molecule has 1 aromatic heterocycles. The van der Waals surface area contributed by atoms with E-state index in [1.165, 1.54) is 11.5 Å². The molecule has 0 aliphatic heterocycles. The Balaban J connectivity index is 2.49. The molecule has 0 fully saturated rings. The highest BCUT2D eigenvalue weighted by Gasteiger charge is 2.02. The average molecular weight is 176 g/mol. The van der Waals surface area contributed by atoms with Gasteiger partial charge in [-0.1, -0.05) is 23.0 Å². The molecule has 1 aromatic rings. The zero-order chi connectivity index (χ0) is 7.40. The van der Waals surface area contributed by atoms with Gasteiger partial charge in [0.25, 0.3) is 0 Å². The molecule has 0 bridgehead atoms. The van der Waals surface area contributed by atoms with Gasteiger partial charge in [-0.15, -0.1) is 5.10 Å². The van der Waals surface area contributed by atoms with Crippen LogP contribution in [0.1, 0.15) is 18.2 Å². The van der Waals surface area contributed by atoms with E-state index in [1.807, 2.05) is 6.92 Å². The van der Waals surface area contributed by atoms with Gasteiger partial charge in [0, 0.05) is 0 Å². The van der Waals surface area contributed by atoms with E-state index in [0.29, 0.717) is 5.15 Å². The summed E-state index contributed by atoms with van der Waals surface area (Å²) in [6.07, 6.45) is 4.12. The summed E-state index contributed by atoms with van der Waals surface area (Å²) in [6.45, 7) is 2.03. The zero-order valence-electron chi connectivity index (χ0n) is 5.67. The molecular formula is C6H8ClN2S. The molecule has 1 radical (unpaired) electrons. The van der Waals surface area contributed by atoms with Gasteiger partial charge in [-0.25, -0.2) is 0 Å². The highest BCUT2D eigenvalue weighted by molar-refractivity contribution is 7.06. The lowest BCUT2D eigenvalue weighted by atomic mass is 10.2. The summed E-state index contributed by atoms with van der Waals surface area (Å²) in [5.74, 6) is 0. The molecule has 0 N–H and O–H groups in total. The fraction of sp³-hybridized carbons (Fsp3) is 0.500. The molecule has 0 amide bonds. The van der Waals surface area contributed by atoms with Crippen molar-refractivity contribution in [3.63, 3.8) is 0 Å². The molecule has 10 heavy (non-hydrogen) atoms. The van der Waals surface area contributed by atoms with Crippen LogP contribution in [0.15, 0.2) is 0 Å². The lowest BCUT2D eigenvalue weighted by Gasteiger charge is -1.90. The molecule has 1 heterocycles. The molecule has 2 nitrogen and oxygen atoms in total. The van der Waals surface area contributed by atoms with Crippen LogP contribution in [0.2, 0.25) is 5.15 Å². The minimum atomic E-state index is 0.562. The second-order valence-corrected chi connectivity index (χ2v) is 3.13. The Morgan fingerprint density at radius 2 is 2.50 bits per heavy atom. The van der Waals surface area contributed by atoms with Crippen LogP contribution in [0.3, 0.4) is 0 Å². The Bertz CT molecular complexity index is 199. The van der Waals surface area contributed by atoms with Crippen molar-refractivity contribution in [3.05, 3.63) is 16.5 Å². The van der Waals surface area contributed by atoms with E-state index in [1.54, 1.807) is 0 Å². The van der Waals surface area contributed by atoms with Crippen molar-refractivity contribution in [1.29, 1.82) is 0 Å². The van der Waals surface area contributed by atoms with Crippen molar-refractivity contribution in [3.8, 4) is 0 Å². The lowest BCUT2D eigenvalue weighted by Crippen LogP contribution is -1.80. The third-order valence-corrected chi connectivity index (χ3v) is 2.37. The van der Waals surface area contributed by atoms with E-state index in [0.717, 1.165) is 17.7 Å². The first-order valence-electron chi connectivity index (χ1n) is 3.09. The van der Waals surface area contributed by atoms with Crippen molar-refractivity contribution in [2.75, 3.05) is 0 Å². The van der Waals surface area contributed by atoms with Gasteiger partial charge in [-0.2, -0.15) is 0 Å². The molecule has 0 saturated carbocycles. The van der Waals surface area contributed by atoms with Crippen molar-refractivity contribution >= 4 is 23.1 Å². The first-order valence-corrected chi connectivity index (χ1v) is 4.24. The summed E-state index contributed by atoms with van der Waals surface area (Å²) in [5, 5.41) is 4.25. The summed E-state index contributed by atoms with van der Waals surface area (Å²) in [4.78, 5) is 1.08. The highest BCUT2D eigenvalue weighted by atomic mass is 35.5. The molecule has 0 atom stereocenters. The molecule has 0 spiro atoms. The number of halogens is 1. The topological polar surface area (TPSA) is 25.8 Å². The molecule has 0 unspecified atom stereocenters. The Labute approximate surface area is 69.4 Å². The number of nitrogens with zero attached hydrogens (tertiary/aromatic N) is 2. The van der Waals surface area contributed by atoms with Crippen LogP contribution in [-0.4, -0.2) is 9.59 Å². The summed E-state index contributed by atoms with van der Waals surface area (Å²) < 4.78 is 3.72. The molecule has 0 aliphatic rings. The van der Waals surface area contributed by atoms with Gasteiger partial charge in [-0.05, 0) is 30.8 Å². The maximum Gasteiger partial charge on any atom is 0.167 e. The van der Waals surface area contributed by atoms with E-state index in [4.69, 9.17) is 11.6 Å². The standard InChI is InChI=1S/C6H8ClN2S/c1-2-3-4-5-6(7)8-9-10-5/h2H,3-4H2,1H3. The van der Waals surface area contributed by atoms with Crippen LogP contribution in [0.25, 0.3) is 0 Å². The van der Waals surface area contributed by atoms with Gasteiger partial charge in [0.1, 0.15) is 0 Å². The molecule has 0 aromatic carbocycles. The van der Waals surface area contributed by atoms with E-state index in [9.17, 15) is 0 Å². The first kappa shape index (κ1) is 7.95. The van der Waals surface area contributed by atoms with E-state index >= 15 is 0 Å². The number of unbranched alkanes of at least 4 members (excludes halogenated alkanes) is 1. The van der Waals surface area contributed by atoms with Crippen LogP contribution in [0.5, 0.6) is 0 Å². The van der Waals surface area contributed by atoms with Crippen LogP contribution < -0.4 is 0 Å². The van der Waals surface area contributed by atoms with Crippen molar-refractivity contribution in [1.82, 2.24) is 9.59 Å². The second kappa shape index (κ2) is 3.88. The largest absolute Gasteiger partial charge is 0.167 e. The van der Waals surface area contributed by atoms with E-state index in [-0.39, 0.29) is 0 Å². The Hall–Kier alpha value is -0.150. The predicted molar refractivity (Wildman–Crippen MR) is 43.2 cm³/mol. The molecule has 0 aliphatic carbocycles. The Morgan fingerprint density at radius 3 is 3.00 bits per heavy atom. The van der Waals surface area contributed by atoms with Gasteiger partial charge >= 0.3 is 0 Å². The number of hydrogen-bond donors (Lipinski definition) is 0. The first-order chi connectivity index (χ1) is 4.84. The quantitative estimate of drug-likeness (QED) is 0.705. The van der Waals surface area contributed by atoms with Crippen molar-refractivity contribution in [2.24, 2.45) is 0 Å². The normalized spacial score (nSPS) is 10.2. The predicted octanol–water partition coefficient (Wildman–Crippen LogP) is 2.35. The van der Waals surface area contributed by atoms with Crippen LogP contribution in [0, 0.1) is 6.42 Å². The van der Waals surface area contributed by atoms with Crippen molar-refractivity contribution < 1.29 is 0 Å². The van der Waals surface area contributed by atoms with E-state index in [2.05, 4.69) is 16.0 Å². The number of aromatic nitrogens is 2. The molecular weight excluding hydrogens is 168 g/mol. The lowest BCUT2D eigenvalue weighted by molar-refractivity contribution is 0.949. The number of rotatable bonds is 3. The summed E-state index contributed by atoms with van der Waals surface area (Å²) in [5.41, 5.74) is 0. The third-order valence-electron chi connectivity index (χ3n) is 1.17. The highest BCUT2D eigenvalue weighted by Crippen LogP contribution is 2.17. The monoisotopic (exact) mass is 175 g/mol. The molecule has 1 rings (SSSR count). The van der Waals surface area contributed by atoms with Crippen LogP contribution >= 0.6 is 23.1 Å². The van der Waals surface area contributed by atoms with Crippen molar-refractivity contribution in [2.45, 2.75) is 19.8 Å². The zero-order valence-corrected chi connectivity index (χ0v) is 7.24. The molecule has 55 valence electrons. The second-order valence-electron chi connectivity index (χ2n) is 1.93. The SMILES string of the molecule is C[CH]CCc1snnc1Cl.